The number of H-pyrrole nitrogens is 1. The van der Waals surface area contributed by atoms with Crippen LogP contribution in [0.1, 0.15) is 33.7 Å². The molecule has 152 valence electrons. The van der Waals surface area contributed by atoms with Crippen LogP contribution >= 0.6 is 0 Å². The molecule has 0 fully saturated rings. The summed E-state index contributed by atoms with van der Waals surface area (Å²) in [6.45, 7) is 5.38. The van der Waals surface area contributed by atoms with E-state index in [1.54, 1.807) is 19.0 Å². The molecule has 0 radical (unpaired) electrons. The van der Waals surface area contributed by atoms with Crippen molar-refractivity contribution in [3.05, 3.63) is 65.6 Å². The van der Waals surface area contributed by atoms with Gasteiger partial charge in [-0.3, -0.25) is 9.48 Å². The van der Waals surface area contributed by atoms with Crippen LogP contribution in [-0.2, 0) is 25.8 Å². The number of aromatic nitrogens is 3. The molecule has 3 aromatic rings. The summed E-state index contributed by atoms with van der Waals surface area (Å²) in [5, 5.41) is 9.62. The first-order chi connectivity index (χ1) is 14.1. The fraction of sp³-hybridized carbons (Fsp3) is 0.391. The number of para-hydroxylation sites is 1. The molecule has 0 spiro atoms. The van der Waals surface area contributed by atoms with Gasteiger partial charge in [0, 0.05) is 48.5 Å². The Morgan fingerprint density at radius 1 is 1.41 bits per heavy atom. The quantitative estimate of drug-likeness (QED) is 0.609. The van der Waals surface area contributed by atoms with Crippen molar-refractivity contribution in [2.24, 2.45) is 0 Å². The van der Waals surface area contributed by atoms with E-state index in [1.807, 2.05) is 10.8 Å². The maximum atomic E-state index is 12.6. The van der Waals surface area contributed by atoms with Gasteiger partial charge in [0.2, 0.25) is 0 Å². The highest BCUT2D eigenvalue weighted by Gasteiger charge is 2.29. The van der Waals surface area contributed by atoms with Gasteiger partial charge < -0.3 is 15.2 Å². The number of aromatic amines is 1. The van der Waals surface area contributed by atoms with Crippen LogP contribution in [0.25, 0.3) is 10.9 Å². The Hall–Kier alpha value is -2.86. The van der Waals surface area contributed by atoms with Gasteiger partial charge in [-0.2, -0.15) is 5.10 Å². The minimum atomic E-state index is -0.0245. The van der Waals surface area contributed by atoms with E-state index in [-0.39, 0.29) is 5.91 Å². The number of carbonyl (C=O) groups excluding carboxylic acids is 1. The zero-order valence-corrected chi connectivity index (χ0v) is 17.2. The molecule has 2 heterocycles. The Balaban J connectivity index is 1.45. The summed E-state index contributed by atoms with van der Waals surface area (Å²) < 4.78 is 1.95. The molecule has 4 rings (SSSR count). The first-order valence-corrected chi connectivity index (χ1v) is 10.3. The summed E-state index contributed by atoms with van der Waals surface area (Å²) in [5.74, 6) is -0.0245. The number of nitrogens with one attached hydrogen (secondary N) is 2. The summed E-state index contributed by atoms with van der Waals surface area (Å²) in [7, 11) is 3.56. The highest BCUT2D eigenvalue weighted by molar-refractivity contribution is 5.93. The second-order valence-corrected chi connectivity index (χ2v) is 7.95. The van der Waals surface area contributed by atoms with Crippen LogP contribution in [0.5, 0.6) is 0 Å². The molecule has 6 nitrogen and oxygen atoms in total. The zero-order valence-electron chi connectivity index (χ0n) is 17.2. The summed E-state index contributed by atoms with van der Waals surface area (Å²) in [4.78, 5) is 17.6. The fourth-order valence-corrected chi connectivity index (χ4v) is 4.27. The predicted molar refractivity (Wildman–Crippen MR) is 116 cm³/mol. The van der Waals surface area contributed by atoms with Gasteiger partial charge in [0.05, 0.1) is 6.54 Å². The van der Waals surface area contributed by atoms with Gasteiger partial charge in [0.1, 0.15) is 0 Å². The first kappa shape index (κ1) is 19.5. The van der Waals surface area contributed by atoms with E-state index in [2.05, 4.69) is 52.4 Å². The Labute approximate surface area is 171 Å². The molecule has 0 aliphatic heterocycles. The number of benzene rings is 1. The lowest BCUT2D eigenvalue weighted by Crippen LogP contribution is -2.36. The van der Waals surface area contributed by atoms with Crippen molar-refractivity contribution in [1.29, 1.82) is 0 Å². The van der Waals surface area contributed by atoms with Crippen LogP contribution in [-0.4, -0.2) is 52.3 Å². The van der Waals surface area contributed by atoms with E-state index in [4.69, 9.17) is 0 Å². The molecule has 1 aliphatic rings. The topological polar surface area (TPSA) is 66.0 Å². The lowest BCUT2D eigenvalue weighted by atomic mass is 9.91. The molecule has 1 aliphatic carbocycles. The number of fused-ring (bicyclic) bond motifs is 2. The average molecular weight is 392 g/mol. The van der Waals surface area contributed by atoms with Gasteiger partial charge >= 0.3 is 0 Å². The molecule has 0 saturated heterocycles. The Morgan fingerprint density at radius 2 is 2.24 bits per heavy atom. The number of hydrogen-bond acceptors (Lipinski definition) is 3. The molecule has 1 atom stereocenters. The number of hydrogen-bond donors (Lipinski definition) is 2. The van der Waals surface area contributed by atoms with Crippen molar-refractivity contribution >= 4 is 16.8 Å². The maximum absolute atomic E-state index is 12.6. The fourth-order valence-electron chi connectivity index (χ4n) is 4.27. The molecule has 0 bridgehead atoms. The van der Waals surface area contributed by atoms with Gasteiger partial charge in [0.15, 0.2) is 5.69 Å². The van der Waals surface area contributed by atoms with E-state index in [0.29, 0.717) is 18.3 Å². The minimum Gasteiger partial charge on any atom is -0.361 e. The van der Waals surface area contributed by atoms with Crippen molar-refractivity contribution in [2.45, 2.75) is 38.3 Å². The van der Waals surface area contributed by atoms with E-state index >= 15 is 0 Å². The summed E-state index contributed by atoms with van der Waals surface area (Å²) in [6.07, 6.45) is 7.75. The third kappa shape index (κ3) is 3.85. The summed E-state index contributed by atoms with van der Waals surface area (Å²) in [6, 6.07) is 8.78. The Kier molecular flexibility index (Phi) is 5.53. The van der Waals surface area contributed by atoms with Gasteiger partial charge in [-0.25, -0.2) is 0 Å². The largest absolute Gasteiger partial charge is 0.361 e. The molecule has 2 N–H and O–H groups in total. The van der Waals surface area contributed by atoms with Gasteiger partial charge in [-0.15, -0.1) is 6.58 Å². The SMILES string of the molecule is C=CCn1nc(C(=O)N(C)C)c2c1CCC(NCCc1c[nH]c3ccccc13)C2. The highest BCUT2D eigenvalue weighted by Crippen LogP contribution is 2.26. The number of nitrogens with zero attached hydrogens (tertiary/aromatic N) is 3. The third-order valence-electron chi connectivity index (χ3n) is 5.76. The Morgan fingerprint density at radius 3 is 3.03 bits per heavy atom. The van der Waals surface area contributed by atoms with Crippen molar-refractivity contribution in [3.63, 3.8) is 0 Å². The minimum absolute atomic E-state index is 0.0245. The summed E-state index contributed by atoms with van der Waals surface area (Å²) >= 11 is 0. The van der Waals surface area contributed by atoms with Crippen LogP contribution in [0.15, 0.2) is 43.1 Å². The van der Waals surface area contributed by atoms with Crippen LogP contribution in [0.4, 0.5) is 0 Å². The van der Waals surface area contributed by atoms with Crippen LogP contribution in [0, 0.1) is 0 Å². The molecule has 1 aromatic carbocycles. The van der Waals surface area contributed by atoms with E-state index in [9.17, 15) is 4.79 Å². The third-order valence-corrected chi connectivity index (χ3v) is 5.76. The lowest BCUT2D eigenvalue weighted by molar-refractivity contribution is 0.0820. The molecule has 29 heavy (non-hydrogen) atoms. The van der Waals surface area contributed by atoms with Gasteiger partial charge in [-0.05, 0) is 43.9 Å². The molecular formula is C23H29N5O. The number of carbonyl (C=O) groups is 1. The van der Waals surface area contributed by atoms with E-state index < -0.39 is 0 Å². The smallest absolute Gasteiger partial charge is 0.274 e. The first-order valence-electron chi connectivity index (χ1n) is 10.3. The standard InChI is InChI=1S/C23H29N5O/c1-4-13-28-21-10-9-17(14-19(21)22(26-28)23(29)27(2)3)24-12-11-16-15-25-20-8-6-5-7-18(16)20/h4-8,15,17,24-25H,1,9-14H2,2-3H3. The summed E-state index contributed by atoms with van der Waals surface area (Å²) in [5.41, 5.74) is 5.40. The average Bonchev–Trinajstić information content (AvgIpc) is 3.29. The zero-order chi connectivity index (χ0) is 20.4. The molecule has 2 aromatic heterocycles. The molecule has 1 unspecified atom stereocenters. The molecule has 6 heteroatoms. The second-order valence-electron chi connectivity index (χ2n) is 7.95. The van der Waals surface area contributed by atoms with Crippen molar-refractivity contribution in [1.82, 2.24) is 25.0 Å². The normalized spacial score (nSPS) is 16.0. The molecule has 1 amide bonds. The van der Waals surface area contributed by atoms with E-state index in [0.717, 1.165) is 37.8 Å². The predicted octanol–water partition coefficient (Wildman–Crippen LogP) is 2.94. The maximum Gasteiger partial charge on any atom is 0.274 e. The van der Waals surface area contributed by atoms with Gasteiger partial charge in [0.25, 0.3) is 5.91 Å². The number of allylic oxidation sites excluding steroid dienone is 1. The number of amides is 1. The molecular weight excluding hydrogens is 362 g/mol. The number of rotatable bonds is 7. The van der Waals surface area contributed by atoms with Gasteiger partial charge in [-0.1, -0.05) is 24.3 Å². The highest BCUT2D eigenvalue weighted by atomic mass is 16.2. The lowest BCUT2D eigenvalue weighted by Gasteiger charge is -2.24. The van der Waals surface area contributed by atoms with Crippen molar-refractivity contribution in [3.8, 4) is 0 Å². The monoisotopic (exact) mass is 391 g/mol. The van der Waals surface area contributed by atoms with Crippen LogP contribution < -0.4 is 5.32 Å². The molecule has 0 saturated carbocycles. The second kappa shape index (κ2) is 8.25. The van der Waals surface area contributed by atoms with E-state index in [1.165, 1.54) is 22.2 Å². The van der Waals surface area contributed by atoms with Crippen molar-refractivity contribution in [2.75, 3.05) is 20.6 Å². The van der Waals surface area contributed by atoms with Crippen LogP contribution in [0.3, 0.4) is 0 Å². The van der Waals surface area contributed by atoms with Crippen molar-refractivity contribution < 1.29 is 4.79 Å². The van der Waals surface area contributed by atoms with Crippen LogP contribution in [0.2, 0.25) is 0 Å². The Bertz CT molecular complexity index is 1030.